The van der Waals surface area contributed by atoms with Crippen LogP contribution >= 0.6 is 11.6 Å². The van der Waals surface area contributed by atoms with Crippen LogP contribution in [-0.2, 0) is 11.4 Å². The molecule has 0 aliphatic rings. The molecular formula is C29H23ClN4O2. The number of hydrogen-bond acceptors (Lipinski definition) is 4. The lowest BCUT2D eigenvalue weighted by Crippen LogP contribution is -2.24. The first-order valence-corrected chi connectivity index (χ1v) is 11.6. The molecule has 4 rings (SSSR count). The second kappa shape index (κ2) is 11.7. The molecule has 1 aromatic heterocycles. The fourth-order valence-corrected chi connectivity index (χ4v) is 3.67. The third kappa shape index (κ3) is 5.90. The van der Waals surface area contributed by atoms with Crippen molar-refractivity contribution in [3.8, 4) is 28.8 Å². The second-order valence-electron chi connectivity index (χ2n) is 7.79. The van der Waals surface area contributed by atoms with Crippen LogP contribution in [0.15, 0.2) is 103 Å². The van der Waals surface area contributed by atoms with Crippen molar-refractivity contribution in [2.75, 3.05) is 6.54 Å². The molecule has 0 spiro atoms. The normalized spacial score (nSPS) is 10.9. The first kappa shape index (κ1) is 24.5. The third-order valence-corrected chi connectivity index (χ3v) is 5.68. The fourth-order valence-electron chi connectivity index (χ4n) is 3.48. The van der Waals surface area contributed by atoms with Gasteiger partial charge in [-0.3, -0.25) is 4.79 Å². The molecule has 0 bridgehead atoms. The highest BCUT2D eigenvalue weighted by Crippen LogP contribution is 2.28. The fraction of sp³-hybridized carbons (Fsp3) is 0.0690. The van der Waals surface area contributed by atoms with Crippen LogP contribution in [-0.4, -0.2) is 22.2 Å². The Morgan fingerprint density at radius 3 is 2.50 bits per heavy atom. The molecule has 1 N–H and O–H groups in total. The van der Waals surface area contributed by atoms with Crippen LogP contribution in [0.1, 0.15) is 11.1 Å². The molecule has 0 saturated heterocycles. The molecule has 0 atom stereocenters. The Bertz CT molecular complexity index is 1430. The minimum absolute atomic E-state index is 0.0228. The van der Waals surface area contributed by atoms with Gasteiger partial charge >= 0.3 is 0 Å². The van der Waals surface area contributed by atoms with E-state index < -0.39 is 5.91 Å². The summed E-state index contributed by atoms with van der Waals surface area (Å²) in [6.07, 6.45) is 4.90. The molecule has 1 amide bonds. The van der Waals surface area contributed by atoms with Gasteiger partial charge in [0.05, 0.1) is 11.4 Å². The Morgan fingerprint density at radius 2 is 1.81 bits per heavy atom. The van der Waals surface area contributed by atoms with E-state index in [4.69, 9.17) is 21.4 Å². The number of nitrogens with zero attached hydrogens (tertiary/aromatic N) is 3. The van der Waals surface area contributed by atoms with Crippen molar-refractivity contribution in [1.82, 2.24) is 15.1 Å². The number of aromatic nitrogens is 2. The molecule has 6 nitrogen and oxygen atoms in total. The van der Waals surface area contributed by atoms with Crippen LogP contribution in [0, 0.1) is 11.3 Å². The lowest BCUT2D eigenvalue weighted by molar-refractivity contribution is -0.116. The lowest BCUT2D eigenvalue weighted by Gasteiger charge is -2.08. The number of nitriles is 1. The SMILES string of the molecule is C=CCNC(=O)/C(C#N)=C\c1cn(-c2ccccc2)nc1-c1ccc(OCc2ccccc2Cl)cc1. The zero-order valence-electron chi connectivity index (χ0n) is 19.4. The predicted octanol–water partition coefficient (Wildman–Crippen LogP) is 5.98. The van der Waals surface area contributed by atoms with E-state index in [1.807, 2.05) is 84.9 Å². The number of ether oxygens (including phenoxy) is 1. The van der Waals surface area contributed by atoms with Gasteiger partial charge in [-0.1, -0.05) is 54.1 Å². The number of halogens is 1. The highest BCUT2D eigenvalue weighted by atomic mass is 35.5. The Balaban J connectivity index is 1.65. The van der Waals surface area contributed by atoms with E-state index in [1.165, 1.54) is 0 Å². The number of carbonyl (C=O) groups is 1. The molecule has 0 saturated carbocycles. The van der Waals surface area contributed by atoms with Crippen molar-refractivity contribution < 1.29 is 9.53 Å². The summed E-state index contributed by atoms with van der Waals surface area (Å²) < 4.78 is 7.62. The molecule has 0 fully saturated rings. The Kier molecular flexibility index (Phi) is 7.97. The number of para-hydroxylation sites is 1. The average molecular weight is 495 g/mol. The van der Waals surface area contributed by atoms with Crippen molar-refractivity contribution in [2.45, 2.75) is 6.61 Å². The van der Waals surface area contributed by atoms with E-state index in [0.717, 1.165) is 16.8 Å². The van der Waals surface area contributed by atoms with Crippen LogP contribution < -0.4 is 10.1 Å². The zero-order chi connectivity index (χ0) is 25.3. The standard InChI is InChI=1S/C29H23ClN4O2/c1-2-16-32-29(35)23(18-31)17-24-19-34(25-9-4-3-5-10-25)33-28(24)21-12-14-26(15-13-21)36-20-22-8-6-7-11-27(22)30/h2-15,17,19H,1,16,20H2,(H,32,35)/b23-17-. The summed E-state index contributed by atoms with van der Waals surface area (Å²) in [4.78, 5) is 12.4. The molecule has 4 aromatic rings. The van der Waals surface area contributed by atoms with Crippen molar-refractivity contribution in [3.05, 3.63) is 119 Å². The van der Waals surface area contributed by atoms with E-state index in [1.54, 1.807) is 23.0 Å². The van der Waals surface area contributed by atoms with Gasteiger partial charge in [0.1, 0.15) is 24.0 Å². The average Bonchev–Trinajstić information content (AvgIpc) is 3.34. The molecule has 0 unspecified atom stereocenters. The van der Waals surface area contributed by atoms with Gasteiger partial charge in [-0.05, 0) is 48.5 Å². The van der Waals surface area contributed by atoms with Gasteiger partial charge in [0, 0.05) is 34.5 Å². The van der Waals surface area contributed by atoms with Gasteiger partial charge in [0.2, 0.25) is 0 Å². The maximum atomic E-state index is 12.4. The third-order valence-electron chi connectivity index (χ3n) is 5.32. The predicted molar refractivity (Wildman–Crippen MR) is 142 cm³/mol. The van der Waals surface area contributed by atoms with Crippen molar-refractivity contribution in [3.63, 3.8) is 0 Å². The highest BCUT2D eigenvalue weighted by molar-refractivity contribution is 6.31. The smallest absolute Gasteiger partial charge is 0.262 e. The number of amides is 1. The van der Waals surface area contributed by atoms with E-state index >= 15 is 0 Å². The summed E-state index contributed by atoms with van der Waals surface area (Å²) in [5, 5.41) is 17.6. The quantitative estimate of drug-likeness (QED) is 0.176. The molecule has 7 heteroatoms. The number of carbonyl (C=O) groups excluding carboxylic acids is 1. The number of nitrogens with one attached hydrogen (secondary N) is 1. The molecule has 0 radical (unpaired) electrons. The number of rotatable bonds is 9. The first-order chi connectivity index (χ1) is 17.6. The molecule has 3 aromatic carbocycles. The summed E-state index contributed by atoms with van der Waals surface area (Å²) >= 11 is 6.22. The zero-order valence-corrected chi connectivity index (χ0v) is 20.2. The maximum absolute atomic E-state index is 12.4. The number of benzene rings is 3. The first-order valence-electron chi connectivity index (χ1n) is 11.2. The summed E-state index contributed by atoms with van der Waals surface area (Å²) in [5.74, 6) is 0.207. The van der Waals surface area contributed by atoms with Crippen molar-refractivity contribution in [2.24, 2.45) is 0 Å². The molecule has 1 heterocycles. The van der Waals surface area contributed by atoms with E-state index in [9.17, 15) is 10.1 Å². The summed E-state index contributed by atoms with van der Waals surface area (Å²) in [7, 11) is 0. The Hall–Kier alpha value is -4.60. The van der Waals surface area contributed by atoms with Gasteiger partial charge in [-0.25, -0.2) is 4.68 Å². The van der Waals surface area contributed by atoms with Crippen molar-refractivity contribution in [1.29, 1.82) is 5.26 Å². The topological polar surface area (TPSA) is 79.9 Å². The van der Waals surface area contributed by atoms with Gasteiger partial charge in [0.15, 0.2) is 0 Å². The van der Waals surface area contributed by atoms with Gasteiger partial charge < -0.3 is 10.1 Å². The highest BCUT2D eigenvalue weighted by Gasteiger charge is 2.15. The van der Waals surface area contributed by atoms with Crippen LogP contribution in [0.4, 0.5) is 0 Å². The largest absolute Gasteiger partial charge is 0.489 e. The number of hydrogen-bond donors (Lipinski definition) is 1. The Morgan fingerprint density at radius 1 is 1.08 bits per heavy atom. The minimum Gasteiger partial charge on any atom is -0.489 e. The molecular weight excluding hydrogens is 472 g/mol. The molecule has 0 aliphatic heterocycles. The van der Waals surface area contributed by atoms with Gasteiger partial charge in [-0.15, -0.1) is 6.58 Å². The monoisotopic (exact) mass is 494 g/mol. The van der Waals surface area contributed by atoms with E-state index in [-0.39, 0.29) is 12.1 Å². The minimum atomic E-state index is -0.473. The molecule has 36 heavy (non-hydrogen) atoms. The summed E-state index contributed by atoms with van der Waals surface area (Å²) in [6.45, 7) is 4.20. The Labute approximate surface area is 214 Å². The van der Waals surface area contributed by atoms with Crippen LogP contribution in [0.5, 0.6) is 5.75 Å². The molecule has 178 valence electrons. The van der Waals surface area contributed by atoms with Crippen LogP contribution in [0.25, 0.3) is 23.0 Å². The second-order valence-corrected chi connectivity index (χ2v) is 8.19. The van der Waals surface area contributed by atoms with Crippen molar-refractivity contribution >= 4 is 23.6 Å². The lowest BCUT2D eigenvalue weighted by atomic mass is 10.1. The van der Waals surface area contributed by atoms with E-state index in [2.05, 4.69) is 11.9 Å². The van der Waals surface area contributed by atoms with E-state index in [0.29, 0.717) is 28.6 Å². The van der Waals surface area contributed by atoms with Crippen LogP contribution in [0.2, 0.25) is 5.02 Å². The van der Waals surface area contributed by atoms with Gasteiger partial charge in [0.25, 0.3) is 5.91 Å². The summed E-state index contributed by atoms with van der Waals surface area (Å²) in [5.41, 5.74) is 3.80. The van der Waals surface area contributed by atoms with Crippen LogP contribution in [0.3, 0.4) is 0 Å². The summed E-state index contributed by atoms with van der Waals surface area (Å²) in [6, 6.07) is 26.6. The van der Waals surface area contributed by atoms with Gasteiger partial charge in [-0.2, -0.15) is 10.4 Å². The maximum Gasteiger partial charge on any atom is 0.262 e. The molecule has 0 aliphatic carbocycles.